The smallest absolute Gasteiger partial charge is 0.430 e. The van der Waals surface area contributed by atoms with Crippen molar-refractivity contribution in [1.82, 2.24) is 0 Å². The summed E-state index contributed by atoms with van der Waals surface area (Å²) in [5, 5.41) is 13.5. The summed E-state index contributed by atoms with van der Waals surface area (Å²) in [6.45, 7) is 2.18. The monoisotopic (exact) mass is 486 g/mol. The van der Waals surface area contributed by atoms with Gasteiger partial charge in [-0.1, -0.05) is 31.6 Å². The van der Waals surface area contributed by atoms with Gasteiger partial charge in [0.2, 0.25) is 11.4 Å². The standard InChI is InChI=1S/C15H14F8N2O5S/c1-3-8-4-10(31(19,20,21,22)23)5-9-6-11(13(15(16,17)18)29-12(8)9)14(26)28-7(2)30-25-24-27/h4-7,13,24H,3H2,1-2H3/t7?,13-/m0/s1. The number of hydrogen-bond donors (Lipinski definition) is 1. The molecule has 1 unspecified atom stereocenters. The Kier molecular flexibility index (Phi) is 5.63. The highest BCUT2D eigenvalue weighted by Gasteiger charge is 2.66. The lowest BCUT2D eigenvalue weighted by Crippen LogP contribution is -2.56. The maximum absolute atomic E-state index is 13.4. The van der Waals surface area contributed by atoms with Crippen LogP contribution in [-0.2, 0) is 20.8 Å². The van der Waals surface area contributed by atoms with E-state index in [-0.39, 0.29) is 18.6 Å². The Morgan fingerprint density at radius 2 is 1.90 bits per heavy atom. The number of esters is 1. The van der Waals surface area contributed by atoms with Crippen LogP contribution in [0, 0.1) is 5.21 Å². The molecule has 0 saturated carbocycles. The van der Waals surface area contributed by atoms with Gasteiger partial charge in [0.25, 0.3) is 6.29 Å². The Bertz CT molecular complexity index is 946. The number of halogens is 8. The van der Waals surface area contributed by atoms with Crippen molar-refractivity contribution in [2.24, 2.45) is 5.28 Å². The molecule has 1 aromatic rings. The summed E-state index contributed by atoms with van der Waals surface area (Å²) in [5.41, 5.74) is -2.72. The molecule has 0 amide bonds. The molecular weight excluding hydrogens is 472 g/mol. The van der Waals surface area contributed by atoms with Crippen molar-refractivity contribution in [2.45, 2.75) is 43.7 Å². The van der Waals surface area contributed by atoms with Crippen molar-refractivity contribution >= 4 is 22.3 Å². The van der Waals surface area contributed by atoms with E-state index in [1.54, 1.807) is 0 Å². The minimum atomic E-state index is -10.2. The van der Waals surface area contributed by atoms with E-state index in [9.17, 15) is 42.6 Å². The molecule has 1 N–H and O–H groups in total. The molecule has 2 atom stereocenters. The molecule has 0 aliphatic carbocycles. The van der Waals surface area contributed by atoms with Crippen LogP contribution in [0.2, 0.25) is 0 Å². The van der Waals surface area contributed by atoms with E-state index >= 15 is 0 Å². The summed E-state index contributed by atoms with van der Waals surface area (Å²) in [4.78, 5) is 14.0. The third-order valence-electron chi connectivity index (χ3n) is 3.87. The topological polar surface area (TPSA) is 94.2 Å². The van der Waals surface area contributed by atoms with E-state index in [4.69, 9.17) is 4.74 Å². The van der Waals surface area contributed by atoms with Gasteiger partial charge in [0.1, 0.15) is 10.6 Å². The normalized spacial score (nSPS) is 20.1. The number of ether oxygens (including phenoxy) is 2. The number of nitrogens with zero attached hydrogens (tertiary/aromatic N) is 1. The van der Waals surface area contributed by atoms with E-state index < -0.39 is 62.1 Å². The third kappa shape index (κ3) is 5.68. The summed E-state index contributed by atoms with van der Waals surface area (Å²) >= 11 is 0. The van der Waals surface area contributed by atoms with Crippen molar-refractivity contribution in [3.63, 3.8) is 0 Å². The van der Waals surface area contributed by atoms with Gasteiger partial charge in [-0.15, -0.1) is 0 Å². The van der Waals surface area contributed by atoms with Crippen molar-refractivity contribution in [3.05, 3.63) is 34.0 Å². The van der Waals surface area contributed by atoms with E-state index in [1.165, 1.54) is 6.92 Å². The van der Waals surface area contributed by atoms with Crippen LogP contribution in [0.5, 0.6) is 5.75 Å². The van der Waals surface area contributed by atoms with Crippen LogP contribution in [0.25, 0.3) is 6.08 Å². The number of fused-ring (bicyclic) bond motifs is 1. The molecule has 0 saturated heterocycles. The van der Waals surface area contributed by atoms with Crippen molar-refractivity contribution in [1.29, 1.82) is 0 Å². The maximum atomic E-state index is 13.4. The van der Waals surface area contributed by atoms with E-state index in [1.807, 2.05) is 0 Å². The zero-order chi connectivity index (χ0) is 23.9. The second kappa shape index (κ2) is 7.13. The van der Waals surface area contributed by atoms with E-state index in [0.717, 1.165) is 12.2 Å². The number of benzene rings is 1. The predicted molar refractivity (Wildman–Crippen MR) is 89.1 cm³/mol. The van der Waals surface area contributed by atoms with E-state index in [2.05, 4.69) is 14.9 Å². The second-order valence-electron chi connectivity index (χ2n) is 6.22. The zero-order valence-corrected chi connectivity index (χ0v) is 16.3. The highest BCUT2D eigenvalue weighted by molar-refractivity contribution is 8.45. The van der Waals surface area contributed by atoms with Gasteiger partial charge in [-0.05, 0) is 30.2 Å². The summed E-state index contributed by atoms with van der Waals surface area (Å²) in [6.07, 6.45) is -9.94. The van der Waals surface area contributed by atoms with Gasteiger partial charge < -0.3 is 19.5 Å². The number of nitrogens with one attached hydrogen (secondary N) is 1. The molecular formula is C15H14F8N2O5S. The first-order valence-corrected chi connectivity index (χ1v) is 10.1. The maximum Gasteiger partial charge on any atom is 0.430 e. The molecule has 0 spiro atoms. The number of hydrogen-bond acceptors (Lipinski definition) is 6. The lowest BCUT2D eigenvalue weighted by Gasteiger charge is -2.41. The molecule has 0 fully saturated rings. The SMILES string of the molecule is CCc1cc(S(F)(F)(F)(F)F)cc2c1O[C@H](C(F)(F)F)C(C(=O)OC(C)O/N=[NH+]\[O-])=C2. The van der Waals surface area contributed by atoms with Gasteiger partial charge >= 0.3 is 22.4 Å². The minimum Gasteiger partial charge on any atom is -0.599 e. The highest BCUT2D eigenvalue weighted by Crippen LogP contribution is 3.02. The lowest BCUT2D eigenvalue weighted by atomic mass is 9.98. The van der Waals surface area contributed by atoms with Crippen LogP contribution in [-0.4, -0.2) is 24.5 Å². The number of aryl methyl sites for hydroxylation is 1. The number of carbonyl (C=O) groups excluding carboxylic acids is 1. The number of alkyl halides is 3. The van der Waals surface area contributed by atoms with E-state index in [0.29, 0.717) is 6.08 Å². The molecule has 2 rings (SSSR count). The van der Waals surface area contributed by atoms with Crippen molar-refractivity contribution in [3.8, 4) is 5.75 Å². The fraction of sp³-hybridized carbons (Fsp3) is 0.400. The largest absolute Gasteiger partial charge is 0.599 e. The number of rotatable bonds is 6. The summed E-state index contributed by atoms with van der Waals surface area (Å²) in [6, 6.07) is -0.0924. The predicted octanol–water partition coefficient (Wildman–Crippen LogP) is 4.46. The van der Waals surface area contributed by atoms with Crippen LogP contribution < -0.4 is 10.0 Å². The van der Waals surface area contributed by atoms with Gasteiger partial charge in [0.05, 0.1) is 5.57 Å². The van der Waals surface area contributed by atoms with Crippen LogP contribution in [0.3, 0.4) is 0 Å². The molecule has 1 aliphatic heterocycles. The Morgan fingerprint density at radius 3 is 2.39 bits per heavy atom. The second-order valence-corrected chi connectivity index (χ2v) is 8.63. The fourth-order valence-electron chi connectivity index (χ4n) is 2.59. The summed E-state index contributed by atoms with van der Waals surface area (Å²) in [7, 11) is -10.2. The molecule has 1 aliphatic rings. The molecule has 0 bridgehead atoms. The molecule has 31 heavy (non-hydrogen) atoms. The lowest BCUT2D eigenvalue weighted by molar-refractivity contribution is -0.503. The Balaban J connectivity index is 2.64. The molecule has 1 aromatic carbocycles. The van der Waals surface area contributed by atoms with Gasteiger partial charge in [-0.2, -0.15) is 13.2 Å². The third-order valence-corrected chi connectivity index (χ3v) is 4.99. The Labute approximate surface area is 168 Å². The van der Waals surface area contributed by atoms with Gasteiger partial charge in [0, 0.05) is 12.5 Å². The van der Waals surface area contributed by atoms with Crippen LogP contribution in [0.15, 0.2) is 27.9 Å². The summed E-state index contributed by atoms with van der Waals surface area (Å²) in [5.74, 6) is -2.49. The molecule has 0 aromatic heterocycles. The van der Waals surface area contributed by atoms with Gasteiger partial charge in [-0.25, -0.2) is 4.79 Å². The average Bonchev–Trinajstić information content (AvgIpc) is 2.61. The first-order chi connectivity index (χ1) is 13.9. The Hall–Kier alpha value is -2.78. The van der Waals surface area contributed by atoms with Crippen LogP contribution in [0.4, 0.5) is 32.6 Å². The first-order valence-electron chi connectivity index (χ1n) is 8.17. The summed E-state index contributed by atoms with van der Waals surface area (Å²) < 4.78 is 116. The fourth-order valence-corrected chi connectivity index (χ4v) is 3.30. The Morgan fingerprint density at radius 1 is 1.29 bits per heavy atom. The molecule has 0 radical (unpaired) electrons. The van der Waals surface area contributed by atoms with Gasteiger partial charge in [-0.3, -0.25) is 0 Å². The molecule has 7 nitrogen and oxygen atoms in total. The van der Waals surface area contributed by atoms with Crippen LogP contribution in [0.1, 0.15) is 25.0 Å². The van der Waals surface area contributed by atoms with Crippen molar-refractivity contribution in [2.75, 3.05) is 0 Å². The number of carbonyl (C=O) groups is 1. The van der Waals surface area contributed by atoms with Crippen molar-refractivity contribution < 1.29 is 57.0 Å². The molecule has 16 heteroatoms. The van der Waals surface area contributed by atoms with Crippen LogP contribution >= 0.6 is 10.2 Å². The molecule has 176 valence electrons. The quantitative estimate of drug-likeness (QED) is 0.211. The van der Waals surface area contributed by atoms with Gasteiger partial charge in [0.15, 0.2) is 0 Å². The molecule has 1 heterocycles. The first kappa shape index (κ1) is 24.5. The minimum absolute atomic E-state index is 0.0122. The zero-order valence-electron chi connectivity index (χ0n) is 15.5. The highest BCUT2D eigenvalue weighted by atomic mass is 32.5. The average molecular weight is 486 g/mol.